The molecule has 118 valence electrons. The fourth-order valence-electron chi connectivity index (χ4n) is 2.81. The van der Waals surface area contributed by atoms with E-state index < -0.39 is 0 Å². The molecule has 1 aliphatic rings. The van der Waals surface area contributed by atoms with E-state index in [2.05, 4.69) is 25.8 Å². The van der Waals surface area contributed by atoms with Gasteiger partial charge in [0.15, 0.2) is 0 Å². The van der Waals surface area contributed by atoms with Gasteiger partial charge in [-0.2, -0.15) is 4.98 Å². The molecular formula is C17H28N2O2. The van der Waals surface area contributed by atoms with Gasteiger partial charge in [-0.25, -0.2) is 0 Å². The third-order valence-corrected chi connectivity index (χ3v) is 4.05. The minimum absolute atomic E-state index is 0.276. The molecule has 0 spiro atoms. The van der Waals surface area contributed by atoms with Crippen LogP contribution in [-0.2, 0) is 0 Å². The summed E-state index contributed by atoms with van der Waals surface area (Å²) in [7, 11) is 0. The molecule has 0 saturated heterocycles. The van der Waals surface area contributed by atoms with Crippen molar-refractivity contribution in [2.24, 2.45) is 11.8 Å². The highest BCUT2D eigenvalue weighted by atomic mass is 16.5. The predicted molar refractivity (Wildman–Crippen MR) is 85.6 cm³/mol. The number of anilines is 1. The van der Waals surface area contributed by atoms with Gasteiger partial charge in [0.1, 0.15) is 6.10 Å². The molecule has 2 N–H and O–H groups in total. The second-order valence-corrected chi connectivity index (χ2v) is 6.36. The Kier molecular flexibility index (Phi) is 5.71. The van der Waals surface area contributed by atoms with E-state index in [9.17, 15) is 0 Å². The second-order valence-electron chi connectivity index (χ2n) is 6.36. The fraction of sp³-hybridized carbons (Fsp3) is 0.706. The van der Waals surface area contributed by atoms with Crippen LogP contribution in [-0.4, -0.2) is 17.7 Å². The minimum Gasteiger partial charge on any atom is -0.476 e. The Hall–Kier alpha value is -1.45. The number of nitrogens with zero attached hydrogens (tertiary/aromatic N) is 1. The van der Waals surface area contributed by atoms with Gasteiger partial charge in [0.05, 0.1) is 12.3 Å². The van der Waals surface area contributed by atoms with E-state index in [1.807, 2.05) is 12.1 Å². The maximum Gasteiger partial charge on any atom is 0.240 e. The van der Waals surface area contributed by atoms with Crippen molar-refractivity contribution in [2.75, 3.05) is 12.3 Å². The van der Waals surface area contributed by atoms with Crippen molar-refractivity contribution in [3.8, 4) is 11.8 Å². The maximum absolute atomic E-state index is 6.11. The van der Waals surface area contributed by atoms with E-state index >= 15 is 0 Å². The summed E-state index contributed by atoms with van der Waals surface area (Å²) in [6, 6.07) is 3.67. The summed E-state index contributed by atoms with van der Waals surface area (Å²) in [6.07, 6.45) is 6.37. The van der Waals surface area contributed by atoms with Crippen LogP contribution < -0.4 is 15.2 Å². The first-order valence-electron chi connectivity index (χ1n) is 8.16. The summed E-state index contributed by atoms with van der Waals surface area (Å²) < 4.78 is 11.8. The first-order valence-corrected chi connectivity index (χ1v) is 8.16. The average molecular weight is 292 g/mol. The lowest BCUT2D eigenvalue weighted by Gasteiger charge is -2.30. The van der Waals surface area contributed by atoms with Crippen LogP contribution in [0.1, 0.15) is 52.9 Å². The molecule has 1 saturated carbocycles. The molecule has 1 heterocycles. The third-order valence-electron chi connectivity index (χ3n) is 4.05. The molecule has 4 nitrogen and oxygen atoms in total. The molecule has 21 heavy (non-hydrogen) atoms. The van der Waals surface area contributed by atoms with Crippen molar-refractivity contribution < 1.29 is 9.47 Å². The van der Waals surface area contributed by atoms with Crippen LogP contribution in [0.4, 0.5) is 5.69 Å². The molecule has 0 aromatic carbocycles. The Balaban J connectivity index is 2.03. The zero-order chi connectivity index (χ0) is 15.2. The summed E-state index contributed by atoms with van der Waals surface area (Å²) in [5.41, 5.74) is 6.49. The fourth-order valence-corrected chi connectivity index (χ4v) is 2.81. The number of rotatable bonds is 6. The van der Waals surface area contributed by atoms with Crippen LogP contribution >= 0.6 is 0 Å². The molecule has 1 aromatic rings. The summed E-state index contributed by atoms with van der Waals surface area (Å²) in [5.74, 6) is 2.20. The molecule has 2 rings (SSSR count). The standard InChI is InChI=1S/C17H28N2O2/c1-4-13-7-5-6-8-15(13)21-16-10-9-14(18)17(19-16)20-11-12(2)3/h9-10,12-13,15H,4-8,11,18H2,1-3H3. The van der Waals surface area contributed by atoms with E-state index in [1.165, 1.54) is 19.3 Å². The highest BCUT2D eigenvalue weighted by molar-refractivity contribution is 5.49. The lowest BCUT2D eigenvalue weighted by atomic mass is 9.85. The summed E-state index contributed by atoms with van der Waals surface area (Å²) in [5, 5.41) is 0. The summed E-state index contributed by atoms with van der Waals surface area (Å²) in [4.78, 5) is 4.44. The third kappa shape index (κ3) is 4.51. The number of ether oxygens (including phenoxy) is 2. The number of pyridine rings is 1. The smallest absolute Gasteiger partial charge is 0.240 e. The Morgan fingerprint density at radius 2 is 2.05 bits per heavy atom. The van der Waals surface area contributed by atoms with E-state index in [0.29, 0.717) is 35.9 Å². The maximum atomic E-state index is 6.11. The van der Waals surface area contributed by atoms with E-state index in [0.717, 1.165) is 12.8 Å². The molecule has 2 atom stereocenters. The number of hydrogen-bond donors (Lipinski definition) is 1. The van der Waals surface area contributed by atoms with Gasteiger partial charge >= 0.3 is 0 Å². The zero-order valence-electron chi connectivity index (χ0n) is 13.5. The molecule has 1 aliphatic carbocycles. The van der Waals surface area contributed by atoms with Crippen molar-refractivity contribution >= 4 is 5.69 Å². The van der Waals surface area contributed by atoms with Crippen molar-refractivity contribution in [3.63, 3.8) is 0 Å². The van der Waals surface area contributed by atoms with Crippen molar-refractivity contribution in [3.05, 3.63) is 12.1 Å². The monoisotopic (exact) mass is 292 g/mol. The van der Waals surface area contributed by atoms with Crippen molar-refractivity contribution in [1.82, 2.24) is 4.98 Å². The van der Waals surface area contributed by atoms with Gasteiger partial charge in [0, 0.05) is 6.07 Å². The van der Waals surface area contributed by atoms with E-state index in [4.69, 9.17) is 15.2 Å². The first-order chi connectivity index (χ1) is 10.1. The second kappa shape index (κ2) is 7.53. The number of nitrogen functional groups attached to an aromatic ring is 1. The molecule has 0 bridgehead atoms. The van der Waals surface area contributed by atoms with Crippen molar-refractivity contribution in [1.29, 1.82) is 0 Å². The van der Waals surface area contributed by atoms with Gasteiger partial charge in [-0.3, -0.25) is 0 Å². The lowest BCUT2D eigenvalue weighted by Crippen LogP contribution is -2.30. The molecule has 0 aliphatic heterocycles. The molecule has 0 amide bonds. The van der Waals surface area contributed by atoms with Crippen LogP contribution in [0.15, 0.2) is 12.1 Å². The number of nitrogens with two attached hydrogens (primary N) is 1. The minimum atomic E-state index is 0.276. The lowest BCUT2D eigenvalue weighted by molar-refractivity contribution is 0.0849. The summed E-state index contributed by atoms with van der Waals surface area (Å²) in [6.45, 7) is 7.05. The predicted octanol–water partition coefficient (Wildman–Crippen LogP) is 4.05. The summed E-state index contributed by atoms with van der Waals surface area (Å²) >= 11 is 0. The highest BCUT2D eigenvalue weighted by Gasteiger charge is 2.25. The highest BCUT2D eigenvalue weighted by Crippen LogP contribution is 2.31. The molecule has 2 unspecified atom stereocenters. The Morgan fingerprint density at radius 1 is 1.29 bits per heavy atom. The van der Waals surface area contributed by atoms with Crippen LogP contribution in [0.5, 0.6) is 11.8 Å². The van der Waals surface area contributed by atoms with Gasteiger partial charge in [-0.1, -0.05) is 27.2 Å². The average Bonchev–Trinajstić information content (AvgIpc) is 2.48. The van der Waals surface area contributed by atoms with Crippen LogP contribution in [0.2, 0.25) is 0 Å². The largest absolute Gasteiger partial charge is 0.476 e. The Morgan fingerprint density at radius 3 is 2.76 bits per heavy atom. The molecule has 1 fully saturated rings. The SMILES string of the molecule is CCC1CCCCC1Oc1ccc(N)c(OCC(C)C)n1. The van der Waals surface area contributed by atoms with Gasteiger partial charge in [-0.15, -0.1) is 0 Å². The number of hydrogen-bond acceptors (Lipinski definition) is 4. The molecule has 1 aromatic heterocycles. The van der Waals surface area contributed by atoms with Crippen LogP contribution in [0.25, 0.3) is 0 Å². The first kappa shape index (κ1) is 15.9. The van der Waals surface area contributed by atoms with Crippen LogP contribution in [0, 0.1) is 11.8 Å². The van der Waals surface area contributed by atoms with E-state index in [1.54, 1.807) is 0 Å². The van der Waals surface area contributed by atoms with Crippen molar-refractivity contribution in [2.45, 2.75) is 59.0 Å². The van der Waals surface area contributed by atoms with E-state index in [-0.39, 0.29) is 6.10 Å². The molecule has 4 heteroatoms. The van der Waals surface area contributed by atoms with Gasteiger partial charge < -0.3 is 15.2 Å². The number of aromatic nitrogens is 1. The zero-order valence-corrected chi connectivity index (χ0v) is 13.5. The van der Waals surface area contributed by atoms with Gasteiger partial charge in [0.2, 0.25) is 11.8 Å². The van der Waals surface area contributed by atoms with Gasteiger partial charge in [0.25, 0.3) is 0 Å². The molecule has 0 radical (unpaired) electrons. The molecular weight excluding hydrogens is 264 g/mol. The Labute approximate surface area is 128 Å². The quantitative estimate of drug-likeness (QED) is 0.859. The normalized spacial score (nSPS) is 22.3. The van der Waals surface area contributed by atoms with Gasteiger partial charge in [-0.05, 0) is 43.6 Å². The Bertz CT molecular complexity index is 448. The topological polar surface area (TPSA) is 57.4 Å². The van der Waals surface area contributed by atoms with Crippen LogP contribution in [0.3, 0.4) is 0 Å².